The Morgan fingerprint density at radius 2 is 2.11 bits per heavy atom. The molecule has 0 radical (unpaired) electrons. The Labute approximate surface area is 122 Å². The van der Waals surface area contributed by atoms with Gasteiger partial charge in [0.25, 0.3) is 0 Å². The van der Waals surface area contributed by atoms with Crippen molar-refractivity contribution in [3.8, 4) is 0 Å². The minimum atomic E-state index is -3.49. The minimum Gasteiger partial charge on any atom is -0.385 e. The third-order valence-electron chi connectivity index (χ3n) is 2.48. The molecule has 5 nitrogen and oxygen atoms in total. The van der Waals surface area contributed by atoms with E-state index in [9.17, 15) is 8.42 Å². The fourth-order valence-electron chi connectivity index (χ4n) is 1.57. The zero-order valence-electron chi connectivity index (χ0n) is 11.1. The second-order valence-electron chi connectivity index (χ2n) is 4.04. The molecule has 0 unspecified atom stereocenters. The molecular weight excluding hydrogens is 332 g/mol. The molecule has 0 atom stereocenters. The summed E-state index contributed by atoms with van der Waals surface area (Å²) in [5.74, 6) is 0. The molecule has 7 heteroatoms. The first-order valence-corrected chi connectivity index (χ1v) is 8.20. The van der Waals surface area contributed by atoms with E-state index in [1.165, 1.54) is 0 Å². The summed E-state index contributed by atoms with van der Waals surface area (Å²) in [6, 6.07) is 5.29. The Kier molecular flexibility index (Phi) is 6.95. The summed E-state index contributed by atoms with van der Waals surface area (Å²) in [5, 5.41) is 2.99. The summed E-state index contributed by atoms with van der Waals surface area (Å²) in [6.07, 6.45) is 0.642. The number of nitrogens with one attached hydrogen (secondary N) is 2. The first-order valence-electron chi connectivity index (χ1n) is 5.93. The van der Waals surface area contributed by atoms with Gasteiger partial charge in [-0.25, -0.2) is 13.1 Å². The highest BCUT2D eigenvalue weighted by Crippen LogP contribution is 2.23. The second-order valence-corrected chi connectivity index (χ2v) is 6.63. The lowest BCUT2D eigenvalue weighted by Crippen LogP contribution is -2.26. The third-order valence-corrected chi connectivity index (χ3v) is 4.94. The maximum atomic E-state index is 12.2. The van der Waals surface area contributed by atoms with E-state index >= 15 is 0 Å². The molecule has 0 aliphatic rings. The predicted octanol–water partition coefficient (Wildman–Crippen LogP) is 1.48. The summed E-state index contributed by atoms with van der Waals surface area (Å²) in [5.41, 5.74) is 0.919. The lowest BCUT2D eigenvalue weighted by atomic mass is 10.2. The van der Waals surface area contributed by atoms with Crippen LogP contribution in [0.15, 0.2) is 27.6 Å². The first kappa shape index (κ1) is 16.6. The molecule has 2 N–H and O–H groups in total. The highest BCUT2D eigenvalue weighted by atomic mass is 79.9. The normalized spacial score (nSPS) is 11.7. The van der Waals surface area contributed by atoms with E-state index in [1.54, 1.807) is 19.2 Å². The molecule has 0 saturated heterocycles. The molecule has 0 fully saturated rings. The van der Waals surface area contributed by atoms with Crippen molar-refractivity contribution in [2.45, 2.75) is 17.9 Å². The van der Waals surface area contributed by atoms with Crippen LogP contribution in [0.1, 0.15) is 12.0 Å². The van der Waals surface area contributed by atoms with Crippen LogP contribution in [0.3, 0.4) is 0 Å². The van der Waals surface area contributed by atoms with Crippen molar-refractivity contribution >= 4 is 26.0 Å². The van der Waals surface area contributed by atoms with Crippen LogP contribution in [0.5, 0.6) is 0 Å². The van der Waals surface area contributed by atoms with Crippen LogP contribution in [-0.4, -0.2) is 35.7 Å². The quantitative estimate of drug-likeness (QED) is 0.697. The van der Waals surface area contributed by atoms with Gasteiger partial charge in [-0.3, -0.25) is 0 Å². The molecule has 0 amide bonds. The zero-order chi connectivity index (χ0) is 14.3. The van der Waals surface area contributed by atoms with Crippen LogP contribution in [0.25, 0.3) is 0 Å². The zero-order valence-corrected chi connectivity index (χ0v) is 13.5. The number of benzene rings is 1. The molecule has 108 valence electrons. The van der Waals surface area contributed by atoms with Crippen molar-refractivity contribution in [1.82, 2.24) is 10.0 Å². The van der Waals surface area contributed by atoms with Crippen molar-refractivity contribution in [3.05, 3.63) is 28.2 Å². The van der Waals surface area contributed by atoms with Gasteiger partial charge in [0.1, 0.15) is 0 Å². The average Bonchev–Trinajstić information content (AvgIpc) is 2.37. The number of ether oxygens (including phenoxy) is 1. The van der Waals surface area contributed by atoms with Crippen LogP contribution < -0.4 is 10.0 Å². The van der Waals surface area contributed by atoms with Gasteiger partial charge >= 0.3 is 0 Å². The monoisotopic (exact) mass is 350 g/mol. The van der Waals surface area contributed by atoms with E-state index < -0.39 is 10.0 Å². The Hall–Kier alpha value is -0.470. The molecule has 0 bridgehead atoms. The minimum absolute atomic E-state index is 0.262. The SMILES string of the molecule is CNCc1ccc(Br)c(S(=O)(=O)NCCCOC)c1. The standard InChI is InChI=1S/C12H19BrN2O3S/c1-14-9-10-4-5-11(13)12(8-10)19(16,17)15-6-3-7-18-2/h4-5,8,14-15H,3,6-7,9H2,1-2H3. The number of hydrogen-bond acceptors (Lipinski definition) is 4. The molecule has 0 saturated carbocycles. The molecule has 0 spiro atoms. The van der Waals surface area contributed by atoms with Gasteiger partial charge in [-0.15, -0.1) is 0 Å². The van der Waals surface area contributed by atoms with E-state index in [0.717, 1.165) is 5.56 Å². The van der Waals surface area contributed by atoms with Crippen LogP contribution in [0.4, 0.5) is 0 Å². The Bertz CT molecular complexity index is 506. The number of rotatable bonds is 8. The van der Waals surface area contributed by atoms with Gasteiger partial charge in [-0.05, 0) is 47.1 Å². The number of hydrogen-bond donors (Lipinski definition) is 2. The van der Waals surface area contributed by atoms with Crippen molar-refractivity contribution in [2.24, 2.45) is 0 Å². The fourth-order valence-corrected chi connectivity index (χ4v) is 3.65. The van der Waals surface area contributed by atoms with Gasteiger partial charge in [-0.2, -0.15) is 0 Å². The summed E-state index contributed by atoms with van der Waals surface area (Å²) in [6.45, 7) is 1.52. The van der Waals surface area contributed by atoms with E-state index in [4.69, 9.17) is 4.74 Å². The fraction of sp³-hybridized carbons (Fsp3) is 0.500. The Balaban J connectivity index is 2.84. The molecular formula is C12H19BrN2O3S. The number of sulfonamides is 1. The van der Waals surface area contributed by atoms with Crippen LogP contribution in [-0.2, 0) is 21.3 Å². The Morgan fingerprint density at radius 1 is 1.37 bits per heavy atom. The first-order chi connectivity index (χ1) is 9.01. The molecule has 1 rings (SSSR count). The van der Waals surface area contributed by atoms with E-state index in [-0.39, 0.29) is 4.90 Å². The van der Waals surface area contributed by atoms with E-state index in [2.05, 4.69) is 26.0 Å². The summed E-state index contributed by atoms with van der Waals surface area (Å²) in [7, 11) is -0.0842. The number of halogens is 1. The second kappa shape index (κ2) is 7.96. The maximum absolute atomic E-state index is 12.2. The van der Waals surface area contributed by atoms with Gasteiger partial charge in [0, 0.05) is 31.3 Å². The molecule has 0 aliphatic heterocycles. The average molecular weight is 351 g/mol. The molecule has 19 heavy (non-hydrogen) atoms. The highest BCUT2D eigenvalue weighted by molar-refractivity contribution is 9.10. The molecule has 1 aromatic carbocycles. The van der Waals surface area contributed by atoms with Crippen molar-refractivity contribution < 1.29 is 13.2 Å². The van der Waals surface area contributed by atoms with E-state index in [0.29, 0.717) is 30.6 Å². The maximum Gasteiger partial charge on any atom is 0.241 e. The largest absolute Gasteiger partial charge is 0.385 e. The predicted molar refractivity (Wildman–Crippen MR) is 78.6 cm³/mol. The van der Waals surface area contributed by atoms with Crippen molar-refractivity contribution in [1.29, 1.82) is 0 Å². The smallest absolute Gasteiger partial charge is 0.241 e. The van der Waals surface area contributed by atoms with Crippen LogP contribution in [0.2, 0.25) is 0 Å². The summed E-state index contributed by atoms with van der Waals surface area (Å²) in [4.78, 5) is 0.262. The molecule has 0 aliphatic carbocycles. The summed E-state index contributed by atoms with van der Waals surface area (Å²) < 4.78 is 32.3. The lowest BCUT2D eigenvalue weighted by molar-refractivity contribution is 0.196. The van der Waals surface area contributed by atoms with Gasteiger partial charge in [0.15, 0.2) is 0 Å². The van der Waals surface area contributed by atoms with Crippen molar-refractivity contribution in [2.75, 3.05) is 27.3 Å². The number of methoxy groups -OCH3 is 1. The van der Waals surface area contributed by atoms with E-state index in [1.807, 2.05) is 13.1 Å². The molecule has 1 aromatic rings. The van der Waals surface area contributed by atoms with Crippen molar-refractivity contribution in [3.63, 3.8) is 0 Å². The molecule has 0 heterocycles. The van der Waals surface area contributed by atoms with Gasteiger partial charge in [-0.1, -0.05) is 6.07 Å². The topological polar surface area (TPSA) is 67.4 Å². The Morgan fingerprint density at radius 3 is 2.74 bits per heavy atom. The van der Waals surface area contributed by atoms with Crippen LogP contribution >= 0.6 is 15.9 Å². The molecule has 0 aromatic heterocycles. The van der Waals surface area contributed by atoms with Crippen LogP contribution in [0, 0.1) is 0 Å². The highest BCUT2D eigenvalue weighted by Gasteiger charge is 2.17. The lowest BCUT2D eigenvalue weighted by Gasteiger charge is -2.10. The van der Waals surface area contributed by atoms with Gasteiger partial charge < -0.3 is 10.1 Å². The van der Waals surface area contributed by atoms with Gasteiger partial charge in [0.2, 0.25) is 10.0 Å². The van der Waals surface area contributed by atoms with Gasteiger partial charge in [0.05, 0.1) is 4.90 Å². The third kappa shape index (κ3) is 5.19. The summed E-state index contributed by atoms with van der Waals surface area (Å²) >= 11 is 3.28.